The quantitative estimate of drug-likeness (QED) is 0.568. The van der Waals surface area contributed by atoms with Gasteiger partial charge in [0.2, 0.25) is 0 Å². The zero-order chi connectivity index (χ0) is 14.1. The number of aryl methyl sites for hydroxylation is 2. The Bertz CT molecular complexity index is 744. The predicted molar refractivity (Wildman–Crippen MR) is 90.2 cm³/mol. The number of benzene rings is 2. The summed E-state index contributed by atoms with van der Waals surface area (Å²) in [6.07, 6.45) is 0. The number of hydrogen-bond donors (Lipinski definition) is 0. The molecule has 1 aromatic heterocycles. The summed E-state index contributed by atoms with van der Waals surface area (Å²) in [7, 11) is 0. The van der Waals surface area contributed by atoms with Crippen molar-refractivity contribution in [3.05, 3.63) is 63.4 Å². The average Bonchev–Trinajstić information content (AvgIpc) is 2.92. The molecule has 2 aromatic carbocycles. The molecule has 0 aliphatic rings. The molecule has 0 fully saturated rings. The molecule has 0 radical (unpaired) electrons. The van der Waals surface area contributed by atoms with Crippen molar-refractivity contribution in [3.8, 4) is 21.8 Å². The van der Waals surface area contributed by atoms with Gasteiger partial charge in [-0.1, -0.05) is 45.8 Å². The summed E-state index contributed by atoms with van der Waals surface area (Å²) in [4.78, 5) is 4.79. The number of thiazole rings is 1. The van der Waals surface area contributed by atoms with E-state index in [1.165, 1.54) is 16.7 Å². The van der Waals surface area contributed by atoms with E-state index in [0.717, 1.165) is 20.7 Å². The third-order valence-corrected chi connectivity index (χ3v) is 4.68. The van der Waals surface area contributed by atoms with E-state index in [1.54, 1.807) is 11.3 Å². The molecule has 0 spiro atoms. The van der Waals surface area contributed by atoms with Crippen molar-refractivity contribution in [2.45, 2.75) is 13.8 Å². The lowest BCUT2D eigenvalue weighted by Crippen LogP contribution is -1.85. The lowest BCUT2D eigenvalue weighted by Gasteiger charge is -2.03. The lowest BCUT2D eigenvalue weighted by molar-refractivity contribution is 1.34. The third-order valence-electron chi connectivity index (χ3n) is 3.26. The standard InChI is InChI=1S/C17H14BrNS/c1-11-3-4-12(2)15(9-11)16-10-20-17(19-16)13-5-7-14(18)8-6-13/h3-10H,1-2H3. The highest BCUT2D eigenvalue weighted by Crippen LogP contribution is 2.31. The minimum Gasteiger partial charge on any atom is -0.236 e. The Morgan fingerprint density at radius 1 is 1.00 bits per heavy atom. The van der Waals surface area contributed by atoms with E-state index in [2.05, 4.69) is 65.5 Å². The largest absolute Gasteiger partial charge is 0.236 e. The monoisotopic (exact) mass is 343 g/mol. The molecule has 0 saturated heterocycles. The predicted octanol–water partition coefficient (Wildman–Crippen LogP) is 5.86. The van der Waals surface area contributed by atoms with E-state index in [4.69, 9.17) is 4.98 Å². The molecule has 3 heteroatoms. The maximum absolute atomic E-state index is 4.79. The van der Waals surface area contributed by atoms with Crippen molar-refractivity contribution in [2.75, 3.05) is 0 Å². The van der Waals surface area contributed by atoms with Gasteiger partial charge in [-0.15, -0.1) is 11.3 Å². The number of nitrogens with zero attached hydrogens (tertiary/aromatic N) is 1. The van der Waals surface area contributed by atoms with Crippen LogP contribution in [0, 0.1) is 13.8 Å². The average molecular weight is 344 g/mol. The summed E-state index contributed by atoms with van der Waals surface area (Å²) >= 11 is 5.15. The molecule has 0 saturated carbocycles. The highest BCUT2D eigenvalue weighted by molar-refractivity contribution is 9.10. The summed E-state index contributed by atoms with van der Waals surface area (Å²) in [5.74, 6) is 0. The zero-order valence-corrected chi connectivity index (χ0v) is 13.8. The van der Waals surface area contributed by atoms with Gasteiger partial charge >= 0.3 is 0 Å². The van der Waals surface area contributed by atoms with Crippen LogP contribution < -0.4 is 0 Å². The first-order valence-electron chi connectivity index (χ1n) is 6.42. The van der Waals surface area contributed by atoms with Crippen molar-refractivity contribution in [1.29, 1.82) is 0 Å². The first-order valence-corrected chi connectivity index (χ1v) is 8.10. The fraction of sp³-hybridized carbons (Fsp3) is 0.118. The van der Waals surface area contributed by atoms with Crippen LogP contribution in [0.25, 0.3) is 21.8 Å². The topological polar surface area (TPSA) is 12.9 Å². The van der Waals surface area contributed by atoms with Crippen molar-refractivity contribution >= 4 is 27.3 Å². The molecule has 0 atom stereocenters. The Balaban J connectivity index is 2.01. The molecule has 0 aliphatic carbocycles. The maximum atomic E-state index is 4.79. The van der Waals surface area contributed by atoms with Gasteiger partial charge in [-0.05, 0) is 37.6 Å². The molecular formula is C17H14BrNS. The van der Waals surface area contributed by atoms with E-state index in [-0.39, 0.29) is 0 Å². The van der Waals surface area contributed by atoms with Gasteiger partial charge < -0.3 is 0 Å². The second-order valence-electron chi connectivity index (χ2n) is 4.86. The molecule has 1 nitrogen and oxygen atoms in total. The number of halogens is 1. The van der Waals surface area contributed by atoms with E-state index < -0.39 is 0 Å². The molecule has 20 heavy (non-hydrogen) atoms. The Kier molecular flexibility index (Phi) is 3.72. The molecule has 0 N–H and O–H groups in total. The van der Waals surface area contributed by atoms with Gasteiger partial charge in [0.05, 0.1) is 5.69 Å². The highest BCUT2D eigenvalue weighted by Gasteiger charge is 2.09. The highest BCUT2D eigenvalue weighted by atomic mass is 79.9. The van der Waals surface area contributed by atoms with Gasteiger partial charge in [-0.3, -0.25) is 0 Å². The van der Waals surface area contributed by atoms with Crippen molar-refractivity contribution in [3.63, 3.8) is 0 Å². The first kappa shape index (κ1) is 13.5. The fourth-order valence-electron chi connectivity index (χ4n) is 2.13. The minimum atomic E-state index is 1.06. The molecule has 0 amide bonds. The molecule has 100 valence electrons. The minimum absolute atomic E-state index is 1.06. The van der Waals surface area contributed by atoms with Crippen LogP contribution in [0.5, 0.6) is 0 Å². The summed E-state index contributed by atoms with van der Waals surface area (Å²) in [5, 5.41) is 3.20. The van der Waals surface area contributed by atoms with Gasteiger partial charge in [0.25, 0.3) is 0 Å². The molecular weight excluding hydrogens is 330 g/mol. The third kappa shape index (κ3) is 2.69. The summed E-state index contributed by atoms with van der Waals surface area (Å²) in [6.45, 7) is 4.25. The Hall–Kier alpha value is -1.45. The van der Waals surface area contributed by atoms with E-state index in [0.29, 0.717) is 0 Å². The first-order chi connectivity index (χ1) is 9.63. The zero-order valence-electron chi connectivity index (χ0n) is 11.4. The van der Waals surface area contributed by atoms with Crippen molar-refractivity contribution < 1.29 is 0 Å². The van der Waals surface area contributed by atoms with Crippen LogP contribution in [0.1, 0.15) is 11.1 Å². The van der Waals surface area contributed by atoms with E-state index in [1.807, 2.05) is 12.1 Å². The van der Waals surface area contributed by atoms with Crippen LogP contribution in [0.3, 0.4) is 0 Å². The SMILES string of the molecule is Cc1ccc(C)c(-c2csc(-c3ccc(Br)cc3)n2)c1. The summed E-state index contributed by atoms with van der Waals surface area (Å²) < 4.78 is 1.09. The lowest BCUT2D eigenvalue weighted by atomic mass is 10.0. The van der Waals surface area contributed by atoms with E-state index >= 15 is 0 Å². The van der Waals surface area contributed by atoms with Crippen LogP contribution in [0.15, 0.2) is 52.3 Å². The Morgan fingerprint density at radius 3 is 2.50 bits per heavy atom. The second-order valence-corrected chi connectivity index (χ2v) is 6.64. The van der Waals surface area contributed by atoms with Crippen LogP contribution in [0.2, 0.25) is 0 Å². The van der Waals surface area contributed by atoms with Gasteiger partial charge in [0.1, 0.15) is 5.01 Å². The fourth-order valence-corrected chi connectivity index (χ4v) is 3.22. The molecule has 0 unspecified atom stereocenters. The molecule has 3 rings (SSSR count). The van der Waals surface area contributed by atoms with Gasteiger partial charge in [0.15, 0.2) is 0 Å². The Morgan fingerprint density at radius 2 is 1.75 bits per heavy atom. The maximum Gasteiger partial charge on any atom is 0.124 e. The smallest absolute Gasteiger partial charge is 0.124 e. The normalized spacial score (nSPS) is 10.8. The number of aromatic nitrogens is 1. The van der Waals surface area contributed by atoms with Crippen molar-refractivity contribution in [2.24, 2.45) is 0 Å². The second kappa shape index (κ2) is 5.51. The Labute approximate surface area is 131 Å². The van der Waals surface area contributed by atoms with Crippen LogP contribution >= 0.6 is 27.3 Å². The van der Waals surface area contributed by atoms with Gasteiger partial charge in [0, 0.05) is 21.0 Å². The number of rotatable bonds is 2. The van der Waals surface area contributed by atoms with Gasteiger partial charge in [-0.2, -0.15) is 0 Å². The molecule has 0 bridgehead atoms. The van der Waals surface area contributed by atoms with E-state index in [9.17, 15) is 0 Å². The van der Waals surface area contributed by atoms with Crippen LogP contribution in [0.4, 0.5) is 0 Å². The van der Waals surface area contributed by atoms with Crippen LogP contribution in [-0.2, 0) is 0 Å². The molecule has 3 aromatic rings. The summed E-state index contributed by atoms with van der Waals surface area (Å²) in [6, 6.07) is 14.8. The summed E-state index contributed by atoms with van der Waals surface area (Å²) in [5.41, 5.74) is 5.99. The van der Waals surface area contributed by atoms with Gasteiger partial charge in [-0.25, -0.2) is 4.98 Å². The van der Waals surface area contributed by atoms with Crippen molar-refractivity contribution in [1.82, 2.24) is 4.98 Å². The molecule has 0 aliphatic heterocycles. The van der Waals surface area contributed by atoms with Crippen LogP contribution in [-0.4, -0.2) is 4.98 Å². The molecule has 1 heterocycles. The number of hydrogen-bond acceptors (Lipinski definition) is 2.